The zero-order valence-corrected chi connectivity index (χ0v) is 16.2. The summed E-state index contributed by atoms with van der Waals surface area (Å²) in [6.45, 7) is 7.42. The summed E-state index contributed by atoms with van der Waals surface area (Å²) in [5.41, 5.74) is 3.41. The summed E-state index contributed by atoms with van der Waals surface area (Å²) in [7, 11) is 0. The van der Waals surface area contributed by atoms with Gasteiger partial charge in [-0.05, 0) is 33.3 Å². The Labute approximate surface area is 162 Å². The second-order valence-corrected chi connectivity index (χ2v) is 6.80. The maximum Gasteiger partial charge on any atom is 0.312 e. The molecule has 1 aromatic carbocycles. The summed E-state index contributed by atoms with van der Waals surface area (Å²) in [5.74, 6) is -0.324. The van der Waals surface area contributed by atoms with E-state index in [9.17, 15) is 14.9 Å². The van der Waals surface area contributed by atoms with Gasteiger partial charge in [-0.2, -0.15) is 10.2 Å². The van der Waals surface area contributed by atoms with Gasteiger partial charge in [0.05, 0.1) is 23.4 Å². The molecular weight excluding hydrogens is 360 g/mol. The van der Waals surface area contributed by atoms with Crippen LogP contribution in [0, 0.1) is 30.9 Å². The molecule has 146 valence electrons. The number of amides is 1. The summed E-state index contributed by atoms with van der Waals surface area (Å²) < 4.78 is 3.11. The maximum absolute atomic E-state index is 12.6. The lowest BCUT2D eigenvalue weighted by Crippen LogP contribution is -2.25. The lowest BCUT2D eigenvalue weighted by atomic mass is 10.1. The predicted octanol–water partition coefficient (Wildman–Crippen LogP) is 3.16. The van der Waals surface area contributed by atoms with Crippen LogP contribution in [0.25, 0.3) is 0 Å². The van der Waals surface area contributed by atoms with Crippen molar-refractivity contribution < 1.29 is 9.72 Å². The molecule has 1 atom stereocenters. The van der Waals surface area contributed by atoms with Crippen LogP contribution in [-0.2, 0) is 11.3 Å². The summed E-state index contributed by atoms with van der Waals surface area (Å²) >= 11 is 0. The van der Waals surface area contributed by atoms with Gasteiger partial charge in [-0.3, -0.25) is 24.3 Å². The Kier molecular flexibility index (Phi) is 5.25. The minimum atomic E-state index is -0.701. The molecular formula is C19H22N6O3. The summed E-state index contributed by atoms with van der Waals surface area (Å²) in [5, 5.41) is 22.4. The molecule has 2 aromatic heterocycles. The van der Waals surface area contributed by atoms with Crippen LogP contribution >= 0.6 is 0 Å². The number of hydrogen-bond donors (Lipinski definition) is 1. The minimum absolute atomic E-state index is 0.0642. The predicted molar refractivity (Wildman–Crippen MR) is 104 cm³/mol. The number of nitro groups is 1. The van der Waals surface area contributed by atoms with Gasteiger partial charge in [0.1, 0.15) is 17.4 Å². The molecule has 2 heterocycles. The van der Waals surface area contributed by atoms with E-state index in [1.165, 1.54) is 10.2 Å². The highest BCUT2D eigenvalue weighted by Gasteiger charge is 2.27. The molecule has 9 heteroatoms. The van der Waals surface area contributed by atoms with E-state index in [0.29, 0.717) is 17.9 Å². The first kappa shape index (κ1) is 19.3. The van der Waals surface area contributed by atoms with E-state index >= 15 is 0 Å². The summed E-state index contributed by atoms with van der Waals surface area (Å²) in [6.07, 6.45) is 3.32. The van der Waals surface area contributed by atoms with Crippen LogP contribution in [0.3, 0.4) is 0 Å². The van der Waals surface area contributed by atoms with Crippen LogP contribution in [-0.4, -0.2) is 30.4 Å². The molecule has 0 bridgehead atoms. The molecule has 1 unspecified atom stereocenters. The average Bonchev–Trinajstić information content (AvgIpc) is 3.17. The molecule has 3 rings (SSSR count). The van der Waals surface area contributed by atoms with Crippen molar-refractivity contribution in [3.8, 4) is 0 Å². The molecule has 0 saturated carbocycles. The fourth-order valence-corrected chi connectivity index (χ4v) is 3.17. The van der Waals surface area contributed by atoms with Gasteiger partial charge in [0.25, 0.3) is 0 Å². The number of carbonyl (C=O) groups excluding carboxylic acids is 1. The number of anilines is 1. The Morgan fingerprint density at radius 3 is 2.71 bits per heavy atom. The SMILES string of the molecule is Cc1cccc(Cn2cc(NC(=O)C(C)n3nc(C)c([N+](=O)[O-])c3C)cn2)c1. The van der Waals surface area contributed by atoms with Gasteiger partial charge in [-0.15, -0.1) is 0 Å². The van der Waals surface area contributed by atoms with Crippen LogP contribution in [0.1, 0.15) is 35.5 Å². The molecule has 9 nitrogen and oxygen atoms in total. The van der Waals surface area contributed by atoms with Crippen molar-refractivity contribution in [3.05, 3.63) is 69.3 Å². The maximum atomic E-state index is 12.6. The Hall–Kier alpha value is -3.49. The van der Waals surface area contributed by atoms with Crippen molar-refractivity contribution in [2.45, 2.75) is 40.3 Å². The Morgan fingerprint density at radius 2 is 2.07 bits per heavy atom. The molecule has 0 saturated heterocycles. The van der Waals surface area contributed by atoms with Crippen LogP contribution in [0.2, 0.25) is 0 Å². The molecule has 0 fully saturated rings. The Morgan fingerprint density at radius 1 is 1.32 bits per heavy atom. The van der Waals surface area contributed by atoms with E-state index in [2.05, 4.69) is 21.6 Å². The van der Waals surface area contributed by atoms with E-state index < -0.39 is 11.0 Å². The largest absolute Gasteiger partial charge is 0.322 e. The van der Waals surface area contributed by atoms with Gasteiger partial charge in [-0.1, -0.05) is 29.8 Å². The van der Waals surface area contributed by atoms with E-state index in [1.807, 2.05) is 25.1 Å². The summed E-state index contributed by atoms with van der Waals surface area (Å²) in [6, 6.07) is 7.42. The zero-order valence-electron chi connectivity index (χ0n) is 16.2. The third-order valence-corrected chi connectivity index (χ3v) is 4.54. The van der Waals surface area contributed by atoms with Crippen LogP contribution in [0.5, 0.6) is 0 Å². The van der Waals surface area contributed by atoms with Gasteiger partial charge < -0.3 is 5.32 Å². The zero-order chi connectivity index (χ0) is 20.4. The highest BCUT2D eigenvalue weighted by molar-refractivity contribution is 5.93. The Balaban J connectivity index is 1.71. The molecule has 0 aliphatic heterocycles. The van der Waals surface area contributed by atoms with Crippen molar-refractivity contribution in [3.63, 3.8) is 0 Å². The topological polar surface area (TPSA) is 108 Å². The lowest BCUT2D eigenvalue weighted by molar-refractivity contribution is -0.386. The number of aryl methyl sites for hydroxylation is 2. The third-order valence-electron chi connectivity index (χ3n) is 4.54. The molecule has 3 aromatic rings. The fraction of sp³-hybridized carbons (Fsp3) is 0.316. The highest BCUT2D eigenvalue weighted by atomic mass is 16.6. The van der Waals surface area contributed by atoms with E-state index in [-0.39, 0.29) is 17.3 Å². The van der Waals surface area contributed by atoms with Gasteiger partial charge >= 0.3 is 5.69 Å². The fourth-order valence-electron chi connectivity index (χ4n) is 3.17. The Bertz CT molecular complexity index is 1040. The molecule has 0 spiro atoms. The van der Waals surface area contributed by atoms with Gasteiger partial charge in [0.2, 0.25) is 5.91 Å². The van der Waals surface area contributed by atoms with Gasteiger partial charge in [-0.25, -0.2) is 0 Å². The number of hydrogen-bond acceptors (Lipinski definition) is 5. The smallest absolute Gasteiger partial charge is 0.312 e. The van der Waals surface area contributed by atoms with Crippen molar-refractivity contribution in [2.75, 3.05) is 5.32 Å². The normalized spacial score (nSPS) is 12.0. The number of carbonyl (C=O) groups is 1. The van der Waals surface area contributed by atoms with Crippen molar-refractivity contribution in [1.29, 1.82) is 0 Å². The number of benzene rings is 1. The average molecular weight is 382 g/mol. The highest BCUT2D eigenvalue weighted by Crippen LogP contribution is 2.25. The lowest BCUT2D eigenvalue weighted by Gasteiger charge is -2.13. The monoisotopic (exact) mass is 382 g/mol. The second kappa shape index (κ2) is 7.63. The van der Waals surface area contributed by atoms with Gasteiger partial charge in [0, 0.05) is 6.20 Å². The number of rotatable bonds is 6. The van der Waals surface area contributed by atoms with Crippen LogP contribution < -0.4 is 5.32 Å². The molecule has 28 heavy (non-hydrogen) atoms. The van der Waals surface area contributed by atoms with Crippen molar-refractivity contribution in [2.24, 2.45) is 0 Å². The first-order valence-electron chi connectivity index (χ1n) is 8.85. The quantitative estimate of drug-likeness (QED) is 0.520. The molecule has 0 aliphatic rings. The van der Waals surface area contributed by atoms with Gasteiger partial charge in [0.15, 0.2) is 0 Å². The molecule has 1 N–H and O–H groups in total. The molecule has 0 aliphatic carbocycles. The number of nitrogens with zero attached hydrogens (tertiary/aromatic N) is 5. The van der Waals surface area contributed by atoms with Crippen molar-refractivity contribution >= 4 is 17.3 Å². The number of nitrogens with one attached hydrogen (secondary N) is 1. The van der Waals surface area contributed by atoms with E-state index in [1.54, 1.807) is 37.8 Å². The third kappa shape index (κ3) is 3.93. The summed E-state index contributed by atoms with van der Waals surface area (Å²) in [4.78, 5) is 23.3. The number of aromatic nitrogens is 4. The van der Waals surface area contributed by atoms with Crippen LogP contribution in [0.4, 0.5) is 11.4 Å². The van der Waals surface area contributed by atoms with Crippen molar-refractivity contribution in [1.82, 2.24) is 19.6 Å². The molecule has 0 radical (unpaired) electrons. The van der Waals surface area contributed by atoms with Crippen LogP contribution in [0.15, 0.2) is 36.7 Å². The van der Waals surface area contributed by atoms with E-state index in [0.717, 1.165) is 5.56 Å². The second-order valence-electron chi connectivity index (χ2n) is 6.80. The standard InChI is InChI=1S/C19H22N6O3/c1-12-6-5-7-16(8-12)10-23-11-17(9-20-23)21-19(26)15(4)24-14(3)18(25(27)28)13(2)22-24/h5-9,11,15H,10H2,1-4H3,(H,21,26). The first-order chi connectivity index (χ1) is 13.3. The van der Waals surface area contributed by atoms with E-state index in [4.69, 9.17) is 0 Å². The first-order valence-corrected chi connectivity index (χ1v) is 8.85. The molecule has 1 amide bonds. The minimum Gasteiger partial charge on any atom is -0.322 e.